The number of morpholine rings is 2. The van der Waals surface area contributed by atoms with Crippen LogP contribution in [0.5, 0.6) is 0 Å². The molecular weight excluding hydrogens is 402 g/mol. The maximum absolute atomic E-state index is 12.8. The highest BCUT2D eigenvalue weighted by atomic mass is 35.5. The number of carbonyl (C=O) groups excluding carboxylic acids is 1. The molecule has 2 heterocycles. The topological polar surface area (TPSA) is 54.0 Å². The van der Waals surface area contributed by atoms with Gasteiger partial charge in [-0.25, -0.2) is 0 Å². The molecule has 2 aromatic rings. The van der Waals surface area contributed by atoms with Gasteiger partial charge in [-0.3, -0.25) is 9.69 Å². The molecule has 0 aromatic heterocycles. The summed E-state index contributed by atoms with van der Waals surface area (Å²) in [6, 6.07) is 15.7. The van der Waals surface area contributed by atoms with E-state index in [0.717, 1.165) is 55.7 Å². The Morgan fingerprint density at radius 3 is 2.23 bits per heavy atom. The van der Waals surface area contributed by atoms with Crippen LogP contribution in [-0.2, 0) is 9.47 Å². The van der Waals surface area contributed by atoms with E-state index in [9.17, 15) is 4.79 Å². The lowest BCUT2D eigenvalue weighted by atomic mass is 10.0. The lowest BCUT2D eigenvalue weighted by Crippen LogP contribution is -2.44. The van der Waals surface area contributed by atoms with E-state index in [-0.39, 0.29) is 11.9 Å². The quantitative estimate of drug-likeness (QED) is 0.765. The van der Waals surface area contributed by atoms with Crippen molar-refractivity contribution in [3.63, 3.8) is 0 Å². The van der Waals surface area contributed by atoms with Crippen LogP contribution in [0, 0.1) is 0 Å². The van der Waals surface area contributed by atoms with Crippen molar-refractivity contribution in [2.75, 3.05) is 64.1 Å². The Labute approximate surface area is 182 Å². The minimum Gasteiger partial charge on any atom is -0.379 e. The van der Waals surface area contributed by atoms with Crippen molar-refractivity contribution < 1.29 is 14.3 Å². The first-order valence-corrected chi connectivity index (χ1v) is 10.9. The molecule has 2 saturated heterocycles. The summed E-state index contributed by atoms with van der Waals surface area (Å²) in [5, 5.41) is 3.83. The first-order valence-electron chi connectivity index (χ1n) is 10.5. The summed E-state index contributed by atoms with van der Waals surface area (Å²) in [6.45, 7) is 6.76. The SMILES string of the molecule is O=C(NCC(c1ccccc1Cl)N1CCOCC1)c1ccc(N2CCOCC2)cc1. The summed E-state index contributed by atoms with van der Waals surface area (Å²) < 4.78 is 10.9. The lowest BCUT2D eigenvalue weighted by molar-refractivity contribution is 0.0162. The molecule has 1 amide bonds. The van der Waals surface area contributed by atoms with Gasteiger partial charge >= 0.3 is 0 Å². The first-order chi connectivity index (χ1) is 14.7. The second-order valence-electron chi connectivity index (χ2n) is 7.54. The molecule has 2 aliphatic heterocycles. The number of ether oxygens (including phenoxy) is 2. The van der Waals surface area contributed by atoms with Crippen molar-refractivity contribution in [2.24, 2.45) is 0 Å². The van der Waals surface area contributed by atoms with E-state index in [1.807, 2.05) is 48.5 Å². The lowest BCUT2D eigenvalue weighted by Gasteiger charge is -2.35. The van der Waals surface area contributed by atoms with Crippen molar-refractivity contribution in [3.05, 3.63) is 64.7 Å². The molecule has 0 spiro atoms. The number of nitrogens with one attached hydrogen (secondary N) is 1. The molecule has 1 N–H and O–H groups in total. The van der Waals surface area contributed by atoms with Crippen molar-refractivity contribution in [3.8, 4) is 0 Å². The monoisotopic (exact) mass is 429 g/mol. The highest BCUT2D eigenvalue weighted by molar-refractivity contribution is 6.31. The molecule has 2 aromatic carbocycles. The molecule has 0 bridgehead atoms. The van der Waals surface area contributed by atoms with E-state index < -0.39 is 0 Å². The molecule has 30 heavy (non-hydrogen) atoms. The summed E-state index contributed by atoms with van der Waals surface area (Å²) in [5.74, 6) is -0.0751. The predicted molar refractivity (Wildman–Crippen MR) is 118 cm³/mol. The average molecular weight is 430 g/mol. The Morgan fingerprint density at radius 1 is 0.933 bits per heavy atom. The molecule has 1 unspecified atom stereocenters. The Kier molecular flexibility index (Phi) is 7.23. The second-order valence-corrected chi connectivity index (χ2v) is 7.95. The normalized spacial score (nSPS) is 18.8. The van der Waals surface area contributed by atoms with Gasteiger partial charge in [0.1, 0.15) is 0 Å². The number of hydrogen-bond donors (Lipinski definition) is 1. The molecular formula is C23H28ClN3O3. The number of halogens is 1. The largest absolute Gasteiger partial charge is 0.379 e. The zero-order valence-corrected chi connectivity index (χ0v) is 17.8. The Balaban J connectivity index is 1.42. The van der Waals surface area contributed by atoms with E-state index in [1.165, 1.54) is 0 Å². The van der Waals surface area contributed by atoms with E-state index in [0.29, 0.717) is 25.3 Å². The van der Waals surface area contributed by atoms with Gasteiger partial charge < -0.3 is 19.7 Å². The molecule has 7 heteroatoms. The van der Waals surface area contributed by atoms with Crippen molar-refractivity contribution in [1.29, 1.82) is 0 Å². The first kappa shape index (κ1) is 21.1. The van der Waals surface area contributed by atoms with Crippen LogP contribution in [0.2, 0.25) is 5.02 Å². The van der Waals surface area contributed by atoms with Crippen molar-refractivity contribution in [1.82, 2.24) is 10.2 Å². The minimum atomic E-state index is -0.0751. The third-order valence-corrected chi connectivity index (χ3v) is 6.06. The molecule has 0 radical (unpaired) electrons. The third kappa shape index (κ3) is 5.13. The zero-order chi connectivity index (χ0) is 20.8. The van der Waals surface area contributed by atoms with Gasteiger partial charge in [0.05, 0.1) is 32.5 Å². The maximum atomic E-state index is 12.8. The molecule has 2 fully saturated rings. The van der Waals surface area contributed by atoms with E-state index in [2.05, 4.69) is 15.1 Å². The van der Waals surface area contributed by atoms with Crippen LogP contribution in [-0.4, -0.2) is 70.0 Å². The van der Waals surface area contributed by atoms with Crippen LogP contribution in [0.3, 0.4) is 0 Å². The predicted octanol–water partition coefficient (Wildman–Crippen LogP) is 2.98. The van der Waals surface area contributed by atoms with Crippen molar-refractivity contribution >= 4 is 23.2 Å². The second kappa shape index (κ2) is 10.3. The maximum Gasteiger partial charge on any atom is 0.251 e. The van der Waals surface area contributed by atoms with Crippen LogP contribution >= 0.6 is 11.6 Å². The fourth-order valence-electron chi connectivity index (χ4n) is 4.01. The van der Waals surface area contributed by atoms with Gasteiger partial charge in [-0.2, -0.15) is 0 Å². The van der Waals surface area contributed by atoms with Gasteiger partial charge in [0, 0.05) is 49.0 Å². The number of nitrogens with zero attached hydrogens (tertiary/aromatic N) is 2. The number of carbonyl (C=O) groups is 1. The minimum absolute atomic E-state index is 0.0131. The Bertz CT molecular complexity index is 834. The fraction of sp³-hybridized carbons (Fsp3) is 0.435. The van der Waals surface area contributed by atoms with Crippen LogP contribution in [0.15, 0.2) is 48.5 Å². The summed E-state index contributed by atoms with van der Waals surface area (Å²) in [7, 11) is 0. The van der Waals surface area contributed by atoms with Gasteiger partial charge in [-0.1, -0.05) is 29.8 Å². The van der Waals surface area contributed by atoms with Crippen molar-refractivity contribution in [2.45, 2.75) is 6.04 Å². The van der Waals surface area contributed by atoms with E-state index >= 15 is 0 Å². The molecule has 160 valence electrons. The fourth-order valence-corrected chi connectivity index (χ4v) is 4.27. The Morgan fingerprint density at radius 2 is 1.57 bits per heavy atom. The standard InChI is InChI=1S/C23H28ClN3O3/c24-21-4-2-1-3-20(21)22(27-11-15-30-16-12-27)17-25-23(28)18-5-7-19(8-6-18)26-9-13-29-14-10-26/h1-8,22H,9-17H2,(H,25,28). The third-order valence-electron chi connectivity index (χ3n) is 5.71. The molecule has 1 atom stereocenters. The summed E-state index contributed by atoms with van der Waals surface area (Å²) in [4.78, 5) is 17.4. The Hall–Kier alpha value is -2.12. The summed E-state index contributed by atoms with van der Waals surface area (Å²) >= 11 is 6.48. The summed E-state index contributed by atoms with van der Waals surface area (Å²) in [5.41, 5.74) is 2.81. The zero-order valence-electron chi connectivity index (χ0n) is 17.1. The number of benzene rings is 2. The molecule has 4 rings (SSSR count). The number of amides is 1. The van der Waals surface area contributed by atoms with Crippen LogP contribution < -0.4 is 10.2 Å². The molecule has 6 nitrogen and oxygen atoms in total. The number of hydrogen-bond acceptors (Lipinski definition) is 5. The smallest absolute Gasteiger partial charge is 0.251 e. The number of anilines is 1. The molecule has 0 aliphatic carbocycles. The average Bonchev–Trinajstić information content (AvgIpc) is 2.81. The van der Waals surface area contributed by atoms with Crippen LogP contribution in [0.1, 0.15) is 22.0 Å². The van der Waals surface area contributed by atoms with Crippen LogP contribution in [0.4, 0.5) is 5.69 Å². The van der Waals surface area contributed by atoms with E-state index in [4.69, 9.17) is 21.1 Å². The summed E-state index contributed by atoms with van der Waals surface area (Å²) in [6.07, 6.45) is 0. The van der Waals surface area contributed by atoms with Crippen LogP contribution in [0.25, 0.3) is 0 Å². The van der Waals surface area contributed by atoms with Gasteiger partial charge in [-0.05, 0) is 35.9 Å². The van der Waals surface area contributed by atoms with Gasteiger partial charge in [0.25, 0.3) is 5.91 Å². The van der Waals surface area contributed by atoms with Gasteiger partial charge in [-0.15, -0.1) is 0 Å². The molecule has 0 saturated carbocycles. The van der Waals surface area contributed by atoms with Gasteiger partial charge in [0.2, 0.25) is 0 Å². The molecule has 2 aliphatic rings. The highest BCUT2D eigenvalue weighted by Gasteiger charge is 2.25. The van der Waals surface area contributed by atoms with Gasteiger partial charge in [0.15, 0.2) is 0 Å². The highest BCUT2D eigenvalue weighted by Crippen LogP contribution is 2.28. The van der Waals surface area contributed by atoms with E-state index in [1.54, 1.807) is 0 Å². The number of rotatable bonds is 6.